The van der Waals surface area contributed by atoms with Crippen LogP contribution >= 0.6 is 11.6 Å². The molecule has 8 atom stereocenters. The van der Waals surface area contributed by atoms with Gasteiger partial charge in [0.05, 0.1) is 41.0 Å². The number of halogens is 1. The Morgan fingerprint density at radius 3 is 2.60 bits per heavy atom. The molecule has 2 aliphatic carbocycles. The molecule has 60 heavy (non-hydrogen) atoms. The molecule has 14 heteroatoms. The van der Waals surface area contributed by atoms with Crippen LogP contribution in [0.1, 0.15) is 61.6 Å². The van der Waals surface area contributed by atoms with Crippen molar-refractivity contribution in [1.82, 2.24) is 4.90 Å². The van der Waals surface area contributed by atoms with Crippen molar-refractivity contribution in [2.24, 2.45) is 17.6 Å². The zero-order valence-electron chi connectivity index (χ0n) is 34.8. The van der Waals surface area contributed by atoms with E-state index in [2.05, 4.69) is 68.2 Å². The Kier molecular flexibility index (Phi) is 11.7. The van der Waals surface area contributed by atoms with Gasteiger partial charge >= 0.3 is 11.9 Å². The summed E-state index contributed by atoms with van der Waals surface area (Å²) < 4.78 is 43.6. The van der Waals surface area contributed by atoms with Crippen LogP contribution in [0, 0.1) is 42.4 Å². The minimum Gasteiger partial charge on any atom is -0.497 e. The first-order chi connectivity index (χ1) is 28.4. The van der Waals surface area contributed by atoms with Gasteiger partial charge in [-0.25, -0.2) is 4.79 Å². The fourth-order valence-corrected chi connectivity index (χ4v) is 8.77. The molecular weight excluding hydrogens is 790 g/mol. The van der Waals surface area contributed by atoms with E-state index in [4.69, 9.17) is 50.5 Å². The molecule has 2 aromatic rings. The maximum Gasteiger partial charge on any atom is 0.341 e. The minimum absolute atomic E-state index is 0.0426. The third-order valence-electron chi connectivity index (χ3n) is 11.5. The van der Waals surface area contributed by atoms with Gasteiger partial charge in [0.2, 0.25) is 0 Å². The predicted octanol–water partition coefficient (Wildman–Crippen LogP) is 5.96. The number of nitrogens with two attached hydrogens (primary N) is 1. The van der Waals surface area contributed by atoms with E-state index in [0.717, 1.165) is 0 Å². The highest BCUT2D eigenvalue weighted by molar-refractivity contribution is 6.32. The molecule has 1 amide bonds. The van der Waals surface area contributed by atoms with Gasteiger partial charge in [-0.3, -0.25) is 9.59 Å². The van der Waals surface area contributed by atoms with Gasteiger partial charge in [-0.15, -0.1) is 0 Å². The van der Waals surface area contributed by atoms with Crippen molar-refractivity contribution in [2.75, 3.05) is 33.1 Å². The molecule has 4 bridgehead atoms. The average Bonchev–Trinajstić information content (AvgIpc) is 3.60. The van der Waals surface area contributed by atoms with Crippen LogP contribution in [-0.4, -0.2) is 86.3 Å². The molecule has 0 saturated carbocycles. The average molecular weight is 838 g/mol. The van der Waals surface area contributed by atoms with Gasteiger partial charge < -0.3 is 49.1 Å². The largest absolute Gasteiger partial charge is 0.497 e. The Labute approximate surface area is 354 Å². The smallest absolute Gasteiger partial charge is 0.341 e. The summed E-state index contributed by atoms with van der Waals surface area (Å²) in [6.45, 7) is 13.4. The number of aryl methyl sites for hydroxylation is 1. The molecule has 0 spiro atoms. The molecule has 3 N–H and O–H groups in total. The molecule has 4 aliphatic heterocycles. The van der Waals surface area contributed by atoms with E-state index >= 15 is 0 Å². The summed E-state index contributed by atoms with van der Waals surface area (Å²) >= 11 is 6.93. The van der Waals surface area contributed by atoms with Crippen LogP contribution in [0.2, 0.25) is 5.02 Å². The molecule has 1 fully saturated rings. The van der Waals surface area contributed by atoms with Gasteiger partial charge in [-0.1, -0.05) is 61.9 Å². The first-order valence-corrected chi connectivity index (χ1v) is 19.9. The van der Waals surface area contributed by atoms with Crippen molar-refractivity contribution in [2.45, 2.75) is 82.8 Å². The fraction of sp³-hybridized carbons (Fsp3) is 0.413. The number of hydrogen-bond donors (Lipinski definition) is 2. The second-order valence-electron chi connectivity index (χ2n) is 16.3. The molecule has 314 valence electrons. The molecule has 2 aromatic carbocycles. The summed E-state index contributed by atoms with van der Waals surface area (Å²) in [6, 6.07) is 5.62. The van der Waals surface area contributed by atoms with Crippen molar-refractivity contribution < 1.29 is 47.5 Å². The minimum atomic E-state index is -1.41. The zero-order valence-corrected chi connectivity index (χ0v) is 35.5. The number of carbonyl (C=O) groups excluding carboxylic acids is 3. The maximum atomic E-state index is 14.2. The van der Waals surface area contributed by atoms with Crippen LogP contribution in [0.5, 0.6) is 17.2 Å². The number of anilines is 1. The summed E-state index contributed by atoms with van der Waals surface area (Å²) in [5.74, 6) is 11.1. The summed E-state index contributed by atoms with van der Waals surface area (Å²) in [7, 11) is 5.50. The molecule has 6 aliphatic rings. The lowest BCUT2D eigenvalue weighted by atomic mass is 9.76. The number of nitrogens with one attached hydrogen (secondary N) is 1. The van der Waals surface area contributed by atoms with E-state index in [9.17, 15) is 14.4 Å². The maximum absolute atomic E-state index is 14.2. The Balaban J connectivity index is 1.34. The number of likely N-dealkylation sites (N-methyl/N-ethyl adjacent to an activating group) is 1. The highest BCUT2D eigenvalue weighted by Gasteiger charge is 2.53. The van der Waals surface area contributed by atoms with Crippen LogP contribution in [0.25, 0.3) is 0 Å². The molecule has 1 saturated heterocycles. The number of carbonyl (C=O) groups is 3. The summed E-state index contributed by atoms with van der Waals surface area (Å²) in [5, 5.41) is 2.89. The highest BCUT2D eigenvalue weighted by Crippen LogP contribution is 2.45. The van der Waals surface area contributed by atoms with Crippen LogP contribution < -0.4 is 25.3 Å². The number of amides is 1. The van der Waals surface area contributed by atoms with E-state index in [1.807, 2.05) is 39.2 Å². The summed E-state index contributed by atoms with van der Waals surface area (Å²) in [5.41, 5.74) is 6.36. The van der Waals surface area contributed by atoms with Gasteiger partial charge in [0.25, 0.3) is 5.91 Å². The van der Waals surface area contributed by atoms with E-state index < -0.39 is 60.2 Å². The van der Waals surface area contributed by atoms with E-state index in [-0.39, 0.29) is 63.4 Å². The quantitative estimate of drug-likeness (QED) is 0.200. The fourth-order valence-electron chi connectivity index (χ4n) is 8.45. The van der Waals surface area contributed by atoms with Crippen molar-refractivity contribution in [3.8, 4) is 40.9 Å². The third-order valence-corrected chi connectivity index (χ3v) is 11.8. The number of rotatable bonds is 6. The predicted molar refractivity (Wildman–Crippen MR) is 223 cm³/mol. The van der Waals surface area contributed by atoms with Crippen LogP contribution in [0.3, 0.4) is 0 Å². The lowest BCUT2D eigenvalue weighted by Crippen LogP contribution is -2.62. The number of allylic oxidation sites excluding steroid dienone is 3. The number of fused-ring (bicyclic) bond motifs is 9. The normalized spacial score (nSPS) is 29.1. The molecule has 4 heterocycles. The summed E-state index contributed by atoms with van der Waals surface area (Å²) in [6.07, 6.45) is 3.67. The SMILES string of the molecule is C=C1Oc2cc(OC)cc(C(=O)O[C@H]3COC(=O)C[C@H](N)c4cc(C)c(c(Cl)c4)O[C@@H]4C#CC=C3C#CC3=CC=C[C@@]34OC3OC(C)(C)C(N(C)C)C(C)C3C)c2NC1=O. The Hall–Kier alpha value is -5.54. The molecule has 0 radical (unpaired) electrons. The molecule has 0 aromatic heterocycles. The van der Waals surface area contributed by atoms with Crippen LogP contribution in [-0.2, 0) is 28.5 Å². The lowest BCUT2D eigenvalue weighted by Gasteiger charge is -2.53. The second kappa shape index (κ2) is 16.5. The van der Waals surface area contributed by atoms with Gasteiger partial charge in [0, 0.05) is 35.7 Å². The molecular formula is C46H48ClN3O10. The first-order valence-electron chi connectivity index (χ1n) is 19.6. The number of nitrogens with zero attached hydrogens (tertiary/aromatic N) is 1. The van der Waals surface area contributed by atoms with Gasteiger partial charge in [-0.05, 0) is 82.1 Å². The van der Waals surface area contributed by atoms with E-state index in [1.165, 1.54) is 25.3 Å². The van der Waals surface area contributed by atoms with Gasteiger partial charge in [0.15, 0.2) is 35.6 Å². The Morgan fingerprint density at radius 1 is 1.12 bits per heavy atom. The van der Waals surface area contributed by atoms with E-state index in [1.54, 1.807) is 12.1 Å². The number of hydrogen-bond acceptors (Lipinski definition) is 12. The van der Waals surface area contributed by atoms with E-state index in [0.29, 0.717) is 22.4 Å². The Morgan fingerprint density at radius 2 is 1.88 bits per heavy atom. The number of ether oxygens (including phenoxy) is 7. The second-order valence-corrected chi connectivity index (χ2v) is 16.7. The summed E-state index contributed by atoms with van der Waals surface area (Å²) in [4.78, 5) is 42.2. The van der Waals surface area contributed by atoms with Gasteiger partial charge in [0.1, 0.15) is 18.1 Å². The van der Waals surface area contributed by atoms with Crippen molar-refractivity contribution in [1.29, 1.82) is 0 Å². The number of esters is 2. The van der Waals surface area contributed by atoms with Gasteiger partial charge in [-0.2, -0.15) is 0 Å². The Bertz CT molecular complexity index is 2360. The van der Waals surface area contributed by atoms with Crippen LogP contribution in [0.4, 0.5) is 5.69 Å². The number of benzene rings is 2. The molecule has 8 rings (SSSR count). The highest BCUT2D eigenvalue weighted by atomic mass is 35.5. The zero-order chi connectivity index (χ0) is 43.3. The lowest BCUT2D eigenvalue weighted by molar-refractivity contribution is -0.304. The number of methoxy groups -OCH3 is 1. The third kappa shape index (κ3) is 8.04. The van der Waals surface area contributed by atoms with Crippen molar-refractivity contribution in [3.63, 3.8) is 0 Å². The first kappa shape index (κ1) is 42.6. The van der Waals surface area contributed by atoms with Crippen molar-refractivity contribution in [3.05, 3.63) is 93.8 Å². The monoisotopic (exact) mass is 837 g/mol. The van der Waals surface area contributed by atoms with Crippen LogP contribution in [0.15, 0.2) is 72.1 Å². The topological polar surface area (TPSA) is 157 Å². The van der Waals surface area contributed by atoms with Crippen molar-refractivity contribution >= 4 is 35.1 Å². The molecule has 4 unspecified atom stereocenters. The standard InChI is InChI=1S/C46H48ClN3O10/c1-24-18-29-19-33(47)40(24)58-37-14-10-12-28(15-16-30-13-11-17-46(30,37)60-44-26(3)25(2)41(50(7)8)45(5,6)59-44)36(23-55-38(51)22-34(29)48)57-43(53)32-20-31(54-9)21-35-39(32)49-42(52)27(4)56-35/h11-13,17-21,25-26,34,36-37,41,44H,4,22-23,48H2,1-3,5-9H3,(H,49,52)/t25?,26?,34-,36-,37+,41?,44?,46+/m0/s1. The molecule has 13 nitrogen and oxygen atoms in total.